The molecule has 90 valence electrons. The summed E-state index contributed by atoms with van der Waals surface area (Å²) in [7, 11) is 0. The van der Waals surface area contributed by atoms with E-state index in [0.29, 0.717) is 6.10 Å². The van der Waals surface area contributed by atoms with Crippen molar-refractivity contribution in [2.45, 2.75) is 33.8 Å². The average molecular weight is 286 g/mol. The Balaban J connectivity index is 2.54. The van der Waals surface area contributed by atoms with Crippen LogP contribution in [0.25, 0.3) is 0 Å². The monoisotopic (exact) mass is 285 g/mol. The average Bonchev–Trinajstić information content (AvgIpc) is 2.14. The van der Waals surface area contributed by atoms with Gasteiger partial charge in [-0.3, -0.25) is 0 Å². The Bertz CT molecular complexity index is 327. The first-order valence-electron chi connectivity index (χ1n) is 5.63. The van der Waals surface area contributed by atoms with Crippen molar-refractivity contribution in [3.63, 3.8) is 0 Å². The van der Waals surface area contributed by atoms with Gasteiger partial charge >= 0.3 is 0 Å². The molecule has 0 saturated carbocycles. The van der Waals surface area contributed by atoms with E-state index in [4.69, 9.17) is 4.74 Å². The van der Waals surface area contributed by atoms with E-state index >= 15 is 0 Å². The number of rotatable bonds is 5. The molecule has 0 aliphatic carbocycles. The molecular weight excluding hydrogens is 266 g/mol. The standard InChI is InChI=1S/C13H20BrNO/c1-9(2)16-6-5-15-13-11(4)7-10(3)8-12(13)14/h7-9,15H,5-6H2,1-4H3. The van der Waals surface area contributed by atoms with Crippen LogP contribution in [0.15, 0.2) is 16.6 Å². The SMILES string of the molecule is Cc1cc(C)c(NCCOC(C)C)c(Br)c1. The molecule has 0 radical (unpaired) electrons. The molecule has 0 heterocycles. The van der Waals surface area contributed by atoms with Gasteiger partial charge in [0.25, 0.3) is 0 Å². The lowest BCUT2D eigenvalue weighted by atomic mass is 10.1. The van der Waals surface area contributed by atoms with Crippen molar-refractivity contribution in [1.29, 1.82) is 0 Å². The van der Waals surface area contributed by atoms with Gasteiger partial charge in [-0.2, -0.15) is 0 Å². The van der Waals surface area contributed by atoms with Crippen molar-refractivity contribution in [1.82, 2.24) is 0 Å². The fourth-order valence-electron chi connectivity index (χ4n) is 1.61. The predicted molar refractivity (Wildman–Crippen MR) is 73.2 cm³/mol. The number of nitrogens with one attached hydrogen (secondary N) is 1. The van der Waals surface area contributed by atoms with Crippen LogP contribution in [0.3, 0.4) is 0 Å². The number of aryl methyl sites for hydroxylation is 2. The van der Waals surface area contributed by atoms with Crippen LogP contribution in [-0.2, 0) is 4.74 Å². The maximum atomic E-state index is 5.49. The first-order valence-corrected chi connectivity index (χ1v) is 6.42. The van der Waals surface area contributed by atoms with E-state index in [-0.39, 0.29) is 0 Å². The maximum absolute atomic E-state index is 5.49. The fourth-order valence-corrected chi connectivity index (χ4v) is 2.42. The normalized spacial score (nSPS) is 10.9. The van der Waals surface area contributed by atoms with Crippen LogP contribution in [-0.4, -0.2) is 19.3 Å². The molecule has 0 amide bonds. The van der Waals surface area contributed by atoms with Crippen molar-refractivity contribution >= 4 is 21.6 Å². The minimum absolute atomic E-state index is 0.296. The van der Waals surface area contributed by atoms with Gasteiger partial charge in [-0.1, -0.05) is 6.07 Å². The predicted octanol–water partition coefficient (Wildman–Crippen LogP) is 3.90. The summed E-state index contributed by atoms with van der Waals surface area (Å²) in [6.07, 6.45) is 0.296. The molecule has 0 atom stereocenters. The molecule has 1 aromatic rings. The Hall–Kier alpha value is -0.540. The molecule has 0 bridgehead atoms. The van der Waals surface area contributed by atoms with E-state index < -0.39 is 0 Å². The summed E-state index contributed by atoms with van der Waals surface area (Å²) >= 11 is 3.58. The van der Waals surface area contributed by atoms with Gasteiger partial charge in [-0.25, -0.2) is 0 Å². The minimum atomic E-state index is 0.296. The molecule has 1 N–H and O–H groups in total. The molecule has 3 heteroatoms. The number of hydrogen-bond acceptors (Lipinski definition) is 2. The highest BCUT2D eigenvalue weighted by atomic mass is 79.9. The van der Waals surface area contributed by atoms with Gasteiger partial charge in [-0.05, 0) is 60.8 Å². The van der Waals surface area contributed by atoms with Crippen LogP contribution in [0.2, 0.25) is 0 Å². The lowest BCUT2D eigenvalue weighted by molar-refractivity contribution is 0.0870. The van der Waals surface area contributed by atoms with E-state index in [9.17, 15) is 0 Å². The molecule has 1 aromatic carbocycles. The number of hydrogen-bond donors (Lipinski definition) is 1. The van der Waals surface area contributed by atoms with Gasteiger partial charge in [0, 0.05) is 11.0 Å². The topological polar surface area (TPSA) is 21.3 Å². The van der Waals surface area contributed by atoms with Gasteiger partial charge in [0.2, 0.25) is 0 Å². The summed E-state index contributed by atoms with van der Waals surface area (Å²) in [4.78, 5) is 0. The molecule has 1 rings (SSSR count). The smallest absolute Gasteiger partial charge is 0.0642 e. The second kappa shape index (κ2) is 6.26. The van der Waals surface area contributed by atoms with E-state index in [1.807, 2.05) is 13.8 Å². The molecule has 0 spiro atoms. The zero-order valence-corrected chi connectivity index (χ0v) is 12.0. The summed E-state index contributed by atoms with van der Waals surface area (Å²) in [5, 5.41) is 3.39. The van der Waals surface area contributed by atoms with Crippen LogP contribution in [0.5, 0.6) is 0 Å². The largest absolute Gasteiger partial charge is 0.382 e. The fraction of sp³-hybridized carbons (Fsp3) is 0.538. The molecule has 0 fully saturated rings. The summed E-state index contributed by atoms with van der Waals surface area (Å²) in [6.45, 7) is 9.88. The Morgan fingerprint density at radius 1 is 1.31 bits per heavy atom. The highest BCUT2D eigenvalue weighted by Crippen LogP contribution is 2.27. The lowest BCUT2D eigenvalue weighted by Crippen LogP contribution is -2.14. The van der Waals surface area contributed by atoms with Crippen LogP contribution in [0.1, 0.15) is 25.0 Å². The second-order valence-corrected chi connectivity index (χ2v) is 5.14. The summed E-state index contributed by atoms with van der Waals surface area (Å²) < 4.78 is 6.61. The first-order chi connectivity index (χ1) is 7.50. The number of anilines is 1. The van der Waals surface area contributed by atoms with E-state index in [1.165, 1.54) is 11.1 Å². The third-order valence-electron chi connectivity index (χ3n) is 2.29. The number of ether oxygens (including phenoxy) is 1. The summed E-state index contributed by atoms with van der Waals surface area (Å²) in [5.74, 6) is 0. The van der Waals surface area contributed by atoms with Crippen molar-refractivity contribution in [2.75, 3.05) is 18.5 Å². The van der Waals surface area contributed by atoms with Crippen LogP contribution < -0.4 is 5.32 Å². The second-order valence-electron chi connectivity index (χ2n) is 4.28. The highest BCUT2D eigenvalue weighted by Gasteiger charge is 2.04. The Labute approximate surface area is 107 Å². The zero-order chi connectivity index (χ0) is 12.1. The van der Waals surface area contributed by atoms with Crippen molar-refractivity contribution in [3.05, 3.63) is 27.7 Å². The van der Waals surface area contributed by atoms with Crippen molar-refractivity contribution < 1.29 is 4.74 Å². The van der Waals surface area contributed by atoms with Crippen LogP contribution >= 0.6 is 15.9 Å². The van der Waals surface area contributed by atoms with Gasteiger partial charge < -0.3 is 10.1 Å². The molecule has 0 unspecified atom stereocenters. The first kappa shape index (κ1) is 13.5. The molecule has 2 nitrogen and oxygen atoms in total. The quantitative estimate of drug-likeness (QED) is 0.829. The van der Waals surface area contributed by atoms with Gasteiger partial charge in [0.05, 0.1) is 18.4 Å². The molecule has 0 aliphatic rings. The Morgan fingerprint density at radius 3 is 2.56 bits per heavy atom. The zero-order valence-electron chi connectivity index (χ0n) is 10.4. The van der Waals surface area contributed by atoms with Gasteiger partial charge in [0.15, 0.2) is 0 Å². The molecule has 0 saturated heterocycles. The Kier molecular flexibility index (Phi) is 5.29. The van der Waals surface area contributed by atoms with E-state index in [0.717, 1.165) is 23.3 Å². The van der Waals surface area contributed by atoms with E-state index in [1.54, 1.807) is 0 Å². The van der Waals surface area contributed by atoms with E-state index in [2.05, 4.69) is 47.2 Å². The van der Waals surface area contributed by atoms with Crippen molar-refractivity contribution in [2.24, 2.45) is 0 Å². The van der Waals surface area contributed by atoms with Gasteiger partial charge in [-0.15, -0.1) is 0 Å². The summed E-state index contributed by atoms with van der Waals surface area (Å²) in [6, 6.07) is 4.30. The van der Waals surface area contributed by atoms with Crippen LogP contribution in [0.4, 0.5) is 5.69 Å². The third-order valence-corrected chi connectivity index (χ3v) is 2.91. The molecule has 16 heavy (non-hydrogen) atoms. The molecule has 0 aromatic heterocycles. The molecular formula is C13H20BrNO. The number of halogens is 1. The van der Waals surface area contributed by atoms with Crippen LogP contribution in [0, 0.1) is 13.8 Å². The molecule has 0 aliphatic heterocycles. The number of benzene rings is 1. The van der Waals surface area contributed by atoms with Crippen molar-refractivity contribution in [3.8, 4) is 0 Å². The minimum Gasteiger partial charge on any atom is -0.382 e. The maximum Gasteiger partial charge on any atom is 0.0642 e. The third kappa shape index (κ3) is 4.14. The highest BCUT2D eigenvalue weighted by molar-refractivity contribution is 9.10. The summed E-state index contributed by atoms with van der Waals surface area (Å²) in [5.41, 5.74) is 3.70. The van der Waals surface area contributed by atoms with Gasteiger partial charge in [0.1, 0.15) is 0 Å². The lowest BCUT2D eigenvalue weighted by Gasteiger charge is -2.13. The Morgan fingerprint density at radius 2 is 2.00 bits per heavy atom.